The summed E-state index contributed by atoms with van der Waals surface area (Å²) in [5.74, 6) is 1.48. The number of rotatable bonds is 3. The summed E-state index contributed by atoms with van der Waals surface area (Å²) in [6, 6.07) is 4.82. The van der Waals surface area contributed by atoms with Crippen LogP contribution in [0, 0.1) is 0 Å². The molecule has 0 heterocycles. The number of hydrogen-bond donors (Lipinski definition) is 3. The Labute approximate surface area is 86.9 Å². The summed E-state index contributed by atoms with van der Waals surface area (Å²) in [4.78, 5) is 0. The van der Waals surface area contributed by atoms with Crippen LogP contribution in [0.25, 0.3) is 0 Å². The Morgan fingerprint density at radius 2 is 0.917 bits per heavy atom. The van der Waals surface area contributed by atoms with Crippen LogP contribution in [0.5, 0.6) is 17.2 Å². The van der Waals surface area contributed by atoms with Crippen LogP contribution >= 0.6 is 38.7 Å². The van der Waals surface area contributed by atoms with E-state index < -0.39 is 0 Å². The Morgan fingerprint density at radius 3 is 1.08 bits per heavy atom. The van der Waals surface area contributed by atoms with Gasteiger partial charge in [-0.15, -0.1) is 0 Å². The zero-order valence-corrected chi connectivity index (χ0v) is 8.48. The van der Waals surface area contributed by atoms with Crippen LogP contribution in [-0.2, 0) is 0 Å². The molecule has 0 saturated carbocycles. The lowest BCUT2D eigenvalue weighted by molar-refractivity contribution is 0.602. The zero-order valence-electron chi connectivity index (χ0n) is 5.80. The van der Waals surface area contributed by atoms with Gasteiger partial charge in [0.25, 0.3) is 0 Å². The third-order valence-electron chi connectivity index (χ3n) is 1.17. The Kier molecular flexibility index (Phi) is 3.77. The van der Waals surface area contributed by atoms with Crippen LogP contribution < -0.4 is 12.5 Å². The van der Waals surface area contributed by atoms with Crippen LogP contribution in [0.1, 0.15) is 0 Å². The molecule has 0 aromatic heterocycles. The highest BCUT2D eigenvalue weighted by molar-refractivity contribution is 7.75. The molecule has 0 fully saturated rings. The molecule has 66 valence electrons. The molecular weight excluding hydrogens is 216 g/mol. The molecule has 1 aromatic rings. The molecule has 0 aliphatic carbocycles. The average molecular weight is 222 g/mol. The minimum absolute atomic E-state index is 0.494. The second-order valence-electron chi connectivity index (χ2n) is 1.91. The second kappa shape index (κ2) is 4.64. The Hall–Kier alpha value is -0.330. The van der Waals surface area contributed by atoms with Crippen molar-refractivity contribution < 1.29 is 12.5 Å². The molecule has 1 rings (SSSR count). The molecule has 0 unspecified atom stereocenters. The van der Waals surface area contributed by atoms with Gasteiger partial charge in [-0.3, -0.25) is 0 Å². The summed E-state index contributed by atoms with van der Waals surface area (Å²) in [5, 5.41) is 0. The first-order chi connectivity index (χ1) is 5.80. The van der Waals surface area contributed by atoms with E-state index in [9.17, 15) is 0 Å². The molecule has 0 radical (unpaired) electrons. The van der Waals surface area contributed by atoms with Crippen LogP contribution in [0.2, 0.25) is 0 Å². The minimum atomic E-state index is 0.494. The summed E-state index contributed by atoms with van der Waals surface area (Å²) < 4.78 is 14.0. The van der Waals surface area contributed by atoms with Gasteiger partial charge in [-0.05, 0) is 0 Å². The second-order valence-corrected chi connectivity index (χ2v) is 2.46. The topological polar surface area (TPSA) is 27.7 Å². The van der Waals surface area contributed by atoms with E-state index in [1.54, 1.807) is 18.2 Å². The van der Waals surface area contributed by atoms with E-state index in [1.807, 2.05) is 0 Å². The van der Waals surface area contributed by atoms with Gasteiger partial charge in [-0.1, -0.05) is 0 Å². The van der Waals surface area contributed by atoms with E-state index in [2.05, 4.69) is 51.3 Å². The maximum atomic E-state index is 4.67. The van der Waals surface area contributed by atoms with Gasteiger partial charge in [-0.2, -0.15) is 0 Å². The Balaban J connectivity index is 3.01. The average Bonchev–Trinajstić information content (AvgIpc) is 2.16. The third kappa shape index (κ3) is 2.33. The van der Waals surface area contributed by atoms with Crippen molar-refractivity contribution in [2.75, 3.05) is 0 Å². The van der Waals surface area contributed by atoms with Crippen molar-refractivity contribution in [2.45, 2.75) is 0 Å². The summed E-state index contributed by atoms with van der Waals surface area (Å²) >= 11 is 10.9. The van der Waals surface area contributed by atoms with E-state index in [1.165, 1.54) is 0 Å². The van der Waals surface area contributed by atoms with Crippen molar-refractivity contribution in [3.05, 3.63) is 18.2 Å². The van der Waals surface area contributed by atoms with E-state index >= 15 is 0 Å². The first kappa shape index (κ1) is 9.76. The lowest BCUT2D eigenvalue weighted by Gasteiger charge is -2.04. The van der Waals surface area contributed by atoms with Crippen molar-refractivity contribution in [3.8, 4) is 17.2 Å². The fourth-order valence-electron chi connectivity index (χ4n) is 0.704. The van der Waals surface area contributed by atoms with Gasteiger partial charge in [0.05, 0.1) is 0 Å². The Bertz CT molecular complexity index is 211. The molecule has 0 aliphatic heterocycles. The van der Waals surface area contributed by atoms with E-state index in [0.717, 1.165) is 0 Å². The third-order valence-corrected chi connectivity index (χ3v) is 1.80. The van der Waals surface area contributed by atoms with Gasteiger partial charge < -0.3 is 12.5 Å². The fraction of sp³-hybridized carbons (Fsp3) is 0. The lowest BCUT2D eigenvalue weighted by Crippen LogP contribution is -1.81. The summed E-state index contributed by atoms with van der Waals surface area (Å²) in [7, 11) is 0. The highest BCUT2D eigenvalue weighted by Crippen LogP contribution is 2.29. The Morgan fingerprint density at radius 1 is 0.667 bits per heavy atom. The molecule has 1 aromatic carbocycles. The largest absolute Gasteiger partial charge is 0.429 e. The SMILES string of the molecule is SOc1cc(OS)cc(OS)c1. The van der Waals surface area contributed by atoms with Crippen LogP contribution in [0.15, 0.2) is 18.2 Å². The molecule has 3 nitrogen and oxygen atoms in total. The van der Waals surface area contributed by atoms with Gasteiger partial charge in [-0.25, -0.2) is 0 Å². The number of thiol groups is 3. The smallest absolute Gasteiger partial charge is 0.144 e. The molecular formula is C6H6O3S3. The first-order valence-electron chi connectivity index (χ1n) is 2.89. The maximum Gasteiger partial charge on any atom is 0.144 e. The molecule has 0 aliphatic rings. The normalized spacial score (nSPS) is 9.25. The van der Waals surface area contributed by atoms with Gasteiger partial charge in [0.1, 0.15) is 17.2 Å². The summed E-state index contributed by atoms with van der Waals surface area (Å²) in [6.07, 6.45) is 0. The standard InChI is InChI=1S/C6H6O3S3/c10-7-4-1-5(8-11)3-6(2-4)9-12/h1-3,10-12H. The van der Waals surface area contributed by atoms with Crippen LogP contribution in [0.4, 0.5) is 0 Å². The van der Waals surface area contributed by atoms with Crippen molar-refractivity contribution in [2.24, 2.45) is 0 Å². The highest BCUT2D eigenvalue weighted by Gasteiger charge is 2.01. The molecule has 0 amide bonds. The predicted molar refractivity (Wildman–Crippen MR) is 55.3 cm³/mol. The molecule has 0 saturated heterocycles. The van der Waals surface area contributed by atoms with Crippen molar-refractivity contribution in [1.82, 2.24) is 0 Å². The molecule has 6 heteroatoms. The molecule has 12 heavy (non-hydrogen) atoms. The van der Waals surface area contributed by atoms with Gasteiger partial charge in [0.2, 0.25) is 0 Å². The van der Waals surface area contributed by atoms with Gasteiger partial charge in [0, 0.05) is 56.9 Å². The van der Waals surface area contributed by atoms with E-state index in [0.29, 0.717) is 17.2 Å². The number of benzene rings is 1. The molecule has 0 bridgehead atoms. The highest BCUT2D eigenvalue weighted by atomic mass is 32.1. The van der Waals surface area contributed by atoms with Crippen molar-refractivity contribution in [1.29, 1.82) is 0 Å². The van der Waals surface area contributed by atoms with Crippen molar-refractivity contribution in [3.63, 3.8) is 0 Å². The van der Waals surface area contributed by atoms with Gasteiger partial charge >= 0.3 is 0 Å². The molecule has 0 spiro atoms. The first-order valence-corrected chi connectivity index (χ1v) is 3.99. The molecule has 0 N–H and O–H groups in total. The molecule has 0 atom stereocenters. The predicted octanol–water partition coefficient (Wildman–Crippen LogP) is 2.36. The monoisotopic (exact) mass is 222 g/mol. The summed E-state index contributed by atoms with van der Waals surface area (Å²) in [6.45, 7) is 0. The summed E-state index contributed by atoms with van der Waals surface area (Å²) in [5.41, 5.74) is 0. The van der Waals surface area contributed by atoms with Gasteiger partial charge in [0.15, 0.2) is 0 Å². The number of hydrogen-bond acceptors (Lipinski definition) is 6. The van der Waals surface area contributed by atoms with E-state index in [4.69, 9.17) is 0 Å². The van der Waals surface area contributed by atoms with Crippen LogP contribution in [0.3, 0.4) is 0 Å². The fourth-order valence-corrected chi connectivity index (χ4v) is 1.02. The minimum Gasteiger partial charge on any atom is -0.429 e. The van der Waals surface area contributed by atoms with E-state index in [-0.39, 0.29) is 0 Å². The van der Waals surface area contributed by atoms with Crippen LogP contribution in [-0.4, -0.2) is 0 Å². The zero-order chi connectivity index (χ0) is 8.97. The van der Waals surface area contributed by atoms with Crippen molar-refractivity contribution >= 4 is 38.7 Å². The lowest BCUT2D eigenvalue weighted by atomic mass is 10.3. The maximum absolute atomic E-state index is 4.67. The quantitative estimate of drug-likeness (QED) is 0.541.